The Morgan fingerprint density at radius 1 is 1.19 bits per heavy atom. The van der Waals surface area contributed by atoms with Gasteiger partial charge in [-0.3, -0.25) is 4.90 Å². The smallest absolute Gasteiger partial charge is 0.125 e. The summed E-state index contributed by atoms with van der Waals surface area (Å²) in [5.41, 5.74) is 1.03. The van der Waals surface area contributed by atoms with E-state index in [2.05, 4.69) is 9.80 Å². The van der Waals surface area contributed by atoms with E-state index < -0.39 is 0 Å². The lowest BCUT2D eigenvalue weighted by Crippen LogP contribution is -2.50. The number of hydrogen-bond acceptors (Lipinski definition) is 2. The quantitative estimate of drug-likeness (QED) is 0.715. The molecule has 0 saturated carbocycles. The van der Waals surface area contributed by atoms with Gasteiger partial charge in [0.05, 0.1) is 0 Å². The predicted octanol–water partition coefficient (Wildman–Crippen LogP) is 2.11. The van der Waals surface area contributed by atoms with E-state index in [-0.39, 0.29) is 5.82 Å². The van der Waals surface area contributed by atoms with Crippen molar-refractivity contribution in [3.05, 3.63) is 30.1 Å². The average molecular weight is 220 g/mol. The fourth-order valence-corrected chi connectivity index (χ4v) is 2.90. The topological polar surface area (TPSA) is 6.48 Å². The van der Waals surface area contributed by atoms with E-state index >= 15 is 0 Å². The molecule has 0 unspecified atom stereocenters. The lowest BCUT2D eigenvalue weighted by Gasteiger charge is -2.38. The van der Waals surface area contributed by atoms with Gasteiger partial charge in [0.25, 0.3) is 0 Å². The highest BCUT2D eigenvalue weighted by molar-refractivity contribution is 5.47. The Bertz CT molecular complexity index is 380. The van der Waals surface area contributed by atoms with Crippen molar-refractivity contribution in [2.24, 2.45) is 0 Å². The van der Waals surface area contributed by atoms with E-state index in [1.165, 1.54) is 25.5 Å². The molecule has 1 aromatic carbocycles. The maximum absolute atomic E-state index is 13.2. The molecule has 3 rings (SSSR count). The van der Waals surface area contributed by atoms with Crippen LogP contribution in [0.1, 0.15) is 12.8 Å². The molecular formula is C13H17FN2. The monoisotopic (exact) mass is 220 g/mol. The fraction of sp³-hybridized carbons (Fsp3) is 0.538. The van der Waals surface area contributed by atoms with Gasteiger partial charge in [-0.05, 0) is 37.6 Å². The van der Waals surface area contributed by atoms with Gasteiger partial charge < -0.3 is 4.90 Å². The molecule has 0 N–H and O–H groups in total. The van der Waals surface area contributed by atoms with Crippen molar-refractivity contribution in [1.82, 2.24) is 4.90 Å². The third-order valence-corrected chi connectivity index (χ3v) is 3.76. The first-order valence-corrected chi connectivity index (χ1v) is 6.07. The first-order chi connectivity index (χ1) is 7.83. The zero-order valence-electron chi connectivity index (χ0n) is 9.40. The fourth-order valence-electron chi connectivity index (χ4n) is 2.90. The number of piperazine rings is 1. The lowest BCUT2D eigenvalue weighted by molar-refractivity contribution is 0.231. The van der Waals surface area contributed by atoms with Gasteiger partial charge in [-0.15, -0.1) is 0 Å². The summed E-state index contributed by atoms with van der Waals surface area (Å²) < 4.78 is 13.2. The van der Waals surface area contributed by atoms with Crippen molar-refractivity contribution in [1.29, 1.82) is 0 Å². The Balaban J connectivity index is 1.76. The van der Waals surface area contributed by atoms with Crippen LogP contribution in [0.5, 0.6) is 0 Å². The molecule has 3 heteroatoms. The third-order valence-electron chi connectivity index (χ3n) is 3.76. The second-order valence-electron chi connectivity index (χ2n) is 4.76. The molecule has 2 heterocycles. The Kier molecular flexibility index (Phi) is 2.56. The normalized spacial score (nSPS) is 25.8. The third kappa shape index (κ3) is 1.80. The van der Waals surface area contributed by atoms with Crippen LogP contribution in [-0.2, 0) is 0 Å². The van der Waals surface area contributed by atoms with E-state index in [1.54, 1.807) is 12.1 Å². The minimum Gasteiger partial charge on any atom is -0.369 e. The molecule has 2 aliphatic heterocycles. The van der Waals surface area contributed by atoms with Gasteiger partial charge in [0.2, 0.25) is 0 Å². The van der Waals surface area contributed by atoms with E-state index in [1.807, 2.05) is 6.07 Å². The van der Waals surface area contributed by atoms with Crippen molar-refractivity contribution in [3.63, 3.8) is 0 Å². The molecule has 0 aromatic heterocycles. The molecule has 0 spiro atoms. The molecular weight excluding hydrogens is 203 g/mol. The van der Waals surface area contributed by atoms with Crippen LogP contribution in [0, 0.1) is 5.82 Å². The highest BCUT2D eigenvalue weighted by atomic mass is 19.1. The van der Waals surface area contributed by atoms with E-state index in [9.17, 15) is 4.39 Å². The summed E-state index contributed by atoms with van der Waals surface area (Å²) in [5.74, 6) is -0.133. The van der Waals surface area contributed by atoms with Gasteiger partial charge in [0.1, 0.15) is 5.82 Å². The molecule has 0 radical (unpaired) electrons. The van der Waals surface area contributed by atoms with Crippen molar-refractivity contribution in [2.75, 3.05) is 31.1 Å². The second kappa shape index (κ2) is 4.06. The maximum atomic E-state index is 13.2. The number of hydrogen-bond donors (Lipinski definition) is 0. The van der Waals surface area contributed by atoms with E-state index in [0.717, 1.165) is 25.3 Å². The van der Waals surface area contributed by atoms with Gasteiger partial charge in [0, 0.05) is 31.4 Å². The SMILES string of the molecule is Fc1cccc(N2CCN3CCC[C@H]3C2)c1. The lowest BCUT2D eigenvalue weighted by atomic mass is 10.1. The Hall–Kier alpha value is -1.09. The minimum atomic E-state index is -0.133. The average Bonchev–Trinajstić information content (AvgIpc) is 2.75. The zero-order chi connectivity index (χ0) is 11.0. The number of benzene rings is 1. The molecule has 2 saturated heterocycles. The van der Waals surface area contributed by atoms with E-state index in [4.69, 9.17) is 0 Å². The van der Waals surface area contributed by atoms with Crippen LogP contribution in [0.15, 0.2) is 24.3 Å². The summed E-state index contributed by atoms with van der Waals surface area (Å²) in [6.07, 6.45) is 2.62. The highest BCUT2D eigenvalue weighted by Crippen LogP contribution is 2.25. The number of rotatable bonds is 1. The maximum Gasteiger partial charge on any atom is 0.125 e. The number of anilines is 1. The summed E-state index contributed by atoms with van der Waals surface area (Å²) in [5, 5.41) is 0. The van der Waals surface area contributed by atoms with Gasteiger partial charge >= 0.3 is 0 Å². The van der Waals surface area contributed by atoms with Crippen molar-refractivity contribution >= 4 is 5.69 Å². The molecule has 2 aliphatic rings. The Labute approximate surface area is 95.7 Å². The largest absolute Gasteiger partial charge is 0.369 e. The van der Waals surface area contributed by atoms with Crippen LogP contribution in [0.2, 0.25) is 0 Å². The zero-order valence-corrected chi connectivity index (χ0v) is 9.40. The summed E-state index contributed by atoms with van der Waals surface area (Å²) in [6.45, 7) is 4.46. The minimum absolute atomic E-state index is 0.133. The van der Waals surface area contributed by atoms with E-state index in [0.29, 0.717) is 6.04 Å². The Morgan fingerprint density at radius 3 is 3.00 bits per heavy atom. The molecule has 16 heavy (non-hydrogen) atoms. The summed E-state index contributed by atoms with van der Waals surface area (Å²) in [4.78, 5) is 4.88. The first kappa shape index (κ1) is 10.1. The van der Waals surface area contributed by atoms with Gasteiger partial charge in [-0.25, -0.2) is 4.39 Å². The van der Waals surface area contributed by atoms with Crippen LogP contribution < -0.4 is 4.90 Å². The van der Waals surface area contributed by atoms with Gasteiger partial charge in [-0.2, -0.15) is 0 Å². The standard InChI is InChI=1S/C13H17FN2/c14-11-3-1-4-12(9-11)16-8-7-15-6-2-5-13(15)10-16/h1,3-4,9,13H,2,5-8,10H2/t13-/m0/s1. The molecule has 86 valence electrons. The number of fused-ring (bicyclic) bond motifs is 1. The van der Waals surface area contributed by atoms with Crippen LogP contribution in [0.25, 0.3) is 0 Å². The summed E-state index contributed by atoms with van der Waals surface area (Å²) in [7, 11) is 0. The Morgan fingerprint density at radius 2 is 2.12 bits per heavy atom. The van der Waals surface area contributed by atoms with Crippen LogP contribution in [0.4, 0.5) is 10.1 Å². The predicted molar refractivity (Wildman–Crippen MR) is 63.2 cm³/mol. The number of halogens is 1. The van der Waals surface area contributed by atoms with Crippen LogP contribution in [-0.4, -0.2) is 37.1 Å². The summed E-state index contributed by atoms with van der Waals surface area (Å²) in [6, 6.07) is 7.65. The van der Waals surface area contributed by atoms with Gasteiger partial charge in [0.15, 0.2) is 0 Å². The molecule has 0 bridgehead atoms. The molecule has 1 atom stereocenters. The van der Waals surface area contributed by atoms with Crippen molar-refractivity contribution in [2.45, 2.75) is 18.9 Å². The second-order valence-corrected chi connectivity index (χ2v) is 4.76. The number of nitrogens with zero attached hydrogens (tertiary/aromatic N) is 2. The molecule has 2 nitrogen and oxygen atoms in total. The van der Waals surface area contributed by atoms with Crippen LogP contribution >= 0.6 is 0 Å². The summed E-state index contributed by atoms with van der Waals surface area (Å²) >= 11 is 0. The molecule has 2 fully saturated rings. The first-order valence-electron chi connectivity index (χ1n) is 6.07. The molecule has 0 amide bonds. The van der Waals surface area contributed by atoms with Crippen LogP contribution in [0.3, 0.4) is 0 Å². The highest BCUT2D eigenvalue weighted by Gasteiger charge is 2.30. The molecule has 1 aromatic rings. The van der Waals surface area contributed by atoms with Crippen molar-refractivity contribution < 1.29 is 4.39 Å². The van der Waals surface area contributed by atoms with Crippen molar-refractivity contribution in [3.8, 4) is 0 Å². The molecule has 0 aliphatic carbocycles. The van der Waals surface area contributed by atoms with Gasteiger partial charge in [-0.1, -0.05) is 6.07 Å².